The second-order valence-corrected chi connectivity index (χ2v) is 10.0. The summed E-state index contributed by atoms with van der Waals surface area (Å²) in [6, 6.07) is 22.2. The number of esters is 1. The summed E-state index contributed by atoms with van der Waals surface area (Å²) >= 11 is 0. The first-order valence-electron chi connectivity index (χ1n) is 11.0. The topological polar surface area (TPSA) is 92.8 Å². The van der Waals surface area contributed by atoms with Crippen molar-refractivity contribution in [3.8, 4) is 0 Å². The second kappa shape index (κ2) is 10.1. The van der Waals surface area contributed by atoms with Gasteiger partial charge < -0.3 is 10.1 Å². The van der Waals surface area contributed by atoms with Crippen molar-refractivity contribution in [2.45, 2.75) is 30.2 Å². The van der Waals surface area contributed by atoms with E-state index in [1.54, 1.807) is 36.4 Å². The van der Waals surface area contributed by atoms with Crippen LogP contribution in [0.25, 0.3) is 0 Å². The highest BCUT2D eigenvalue weighted by Crippen LogP contribution is 2.29. The molecule has 0 unspecified atom stereocenters. The summed E-state index contributed by atoms with van der Waals surface area (Å²) in [5, 5.41) is 2.92. The van der Waals surface area contributed by atoms with Gasteiger partial charge in [-0.25, -0.2) is 13.2 Å². The number of hydrogen-bond acceptors (Lipinski definition) is 5. The zero-order chi connectivity index (χ0) is 24.1. The van der Waals surface area contributed by atoms with Crippen molar-refractivity contribution in [3.63, 3.8) is 0 Å². The third-order valence-electron chi connectivity index (χ3n) is 5.90. The lowest BCUT2D eigenvalue weighted by Gasteiger charge is -2.26. The molecule has 3 aromatic carbocycles. The maximum absolute atomic E-state index is 13.2. The van der Waals surface area contributed by atoms with Gasteiger partial charge in [-0.1, -0.05) is 54.6 Å². The summed E-state index contributed by atoms with van der Waals surface area (Å²) in [5.74, 6) is -1.31. The zero-order valence-electron chi connectivity index (χ0n) is 18.8. The lowest BCUT2D eigenvalue weighted by Crippen LogP contribution is -2.34. The van der Waals surface area contributed by atoms with Gasteiger partial charge in [-0.2, -0.15) is 0 Å². The maximum Gasteiger partial charge on any atom is 0.340 e. The number of amides is 1. The van der Waals surface area contributed by atoms with E-state index in [1.165, 1.54) is 30.8 Å². The van der Waals surface area contributed by atoms with Gasteiger partial charge in [0.15, 0.2) is 6.61 Å². The number of rotatable bonds is 7. The van der Waals surface area contributed by atoms with E-state index in [0.29, 0.717) is 5.69 Å². The van der Waals surface area contributed by atoms with Crippen LogP contribution in [-0.4, -0.2) is 33.9 Å². The molecule has 4 rings (SSSR count). The van der Waals surface area contributed by atoms with Crippen LogP contribution in [0.4, 0.5) is 5.69 Å². The van der Waals surface area contributed by atoms with Crippen molar-refractivity contribution in [3.05, 3.63) is 95.6 Å². The molecule has 0 saturated heterocycles. The van der Waals surface area contributed by atoms with Crippen molar-refractivity contribution in [2.75, 3.05) is 18.0 Å². The van der Waals surface area contributed by atoms with Crippen LogP contribution in [0.2, 0.25) is 0 Å². The quantitative estimate of drug-likeness (QED) is 0.521. The normalized spacial score (nSPS) is 15.1. The number of nitrogens with one attached hydrogen (secondary N) is 1. The summed E-state index contributed by atoms with van der Waals surface area (Å²) in [5.41, 5.74) is 2.62. The second-order valence-electron chi connectivity index (χ2n) is 8.09. The molecule has 0 aliphatic heterocycles. The maximum atomic E-state index is 13.2. The van der Waals surface area contributed by atoms with Gasteiger partial charge in [0.1, 0.15) is 4.90 Å². The molecule has 8 heteroatoms. The van der Waals surface area contributed by atoms with E-state index in [9.17, 15) is 18.0 Å². The van der Waals surface area contributed by atoms with Crippen LogP contribution in [0, 0.1) is 0 Å². The van der Waals surface area contributed by atoms with E-state index < -0.39 is 28.5 Å². The molecule has 1 amide bonds. The van der Waals surface area contributed by atoms with Crippen molar-refractivity contribution in [1.29, 1.82) is 0 Å². The van der Waals surface area contributed by atoms with Gasteiger partial charge in [-0.15, -0.1) is 0 Å². The summed E-state index contributed by atoms with van der Waals surface area (Å²) < 4.78 is 32.7. The first-order valence-corrected chi connectivity index (χ1v) is 12.5. The predicted octanol–water partition coefficient (Wildman–Crippen LogP) is 3.86. The average Bonchev–Trinajstić information content (AvgIpc) is 2.87. The Kier molecular flexibility index (Phi) is 6.98. The highest BCUT2D eigenvalue weighted by atomic mass is 32.2. The van der Waals surface area contributed by atoms with Gasteiger partial charge in [0, 0.05) is 7.05 Å². The number of sulfonamides is 1. The highest BCUT2D eigenvalue weighted by molar-refractivity contribution is 7.92. The third kappa shape index (κ3) is 4.97. The molecule has 0 bridgehead atoms. The number of benzene rings is 3. The number of carbonyl (C=O) groups is 2. The zero-order valence-corrected chi connectivity index (χ0v) is 19.6. The van der Waals surface area contributed by atoms with E-state index in [-0.39, 0.29) is 16.5 Å². The van der Waals surface area contributed by atoms with E-state index in [2.05, 4.69) is 11.4 Å². The number of ether oxygens (including phenoxy) is 1. The van der Waals surface area contributed by atoms with Gasteiger partial charge in [0.2, 0.25) is 0 Å². The monoisotopic (exact) mass is 478 g/mol. The van der Waals surface area contributed by atoms with Crippen LogP contribution in [0.3, 0.4) is 0 Å². The van der Waals surface area contributed by atoms with Crippen LogP contribution in [-0.2, 0) is 26.0 Å². The van der Waals surface area contributed by atoms with Crippen molar-refractivity contribution < 1.29 is 22.7 Å². The fourth-order valence-electron chi connectivity index (χ4n) is 4.13. The number of nitrogens with zero attached hydrogens (tertiary/aromatic N) is 1. The number of carbonyl (C=O) groups excluding carboxylic acids is 2. The lowest BCUT2D eigenvalue weighted by molar-refractivity contribution is -0.125. The molecule has 3 aromatic rings. The molecule has 1 aliphatic rings. The van der Waals surface area contributed by atoms with Gasteiger partial charge >= 0.3 is 5.97 Å². The van der Waals surface area contributed by atoms with Crippen LogP contribution < -0.4 is 9.62 Å². The number of para-hydroxylation sites is 1. The number of fused-ring (bicyclic) bond motifs is 1. The summed E-state index contributed by atoms with van der Waals surface area (Å²) in [4.78, 5) is 25.1. The van der Waals surface area contributed by atoms with E-state index in [0.717, 1.165) is 29.1 Å². The van der Waals surface area contributed by atoms with Crippen molar-refractivity contribution in [1.82, 2.24) is 5.32 Å². The SMILES string of the molecule is CN(c1ccccc1)S(=O)(=O)c1ccccc1C(=O)OCC(=O)N[C@H]1CCCc2ccccc21. The molecule has 1 N–H and O–H groups in total. The molecule has 0 aromatic heterocycles. The fraction of sp³-hybridized carbons (Fsp3) is 0.231. The Bertz CT molecular complexity index is 1290. The number of aryl methyl sites for hydroxylation is 1. The van der Waals surface area contributed by atoms with Crippen molar-refractivity contribution >= 4 is 27.6 Å². The summed E-state index contributed by atoms with van der Waals surface area (Å²) in [6.07, 6.45) is 2.74. The molecule has 0 spiro atoms. The lowest BCUT2D eigenvalue weighted by atomic mass is 9.88. The fourth-order valence-corrected chi connectivity index (χ4v) is 5.51. The Hall–Kier alpha value is -3.65. The van der Waals surface area contributed by atoms with Crippen LogP contribution in [0.15, 0.2) is 83.8 Å². The van der Waals surface area contributed by atoms with Gasteiger partial charge in [0.05, 0.1) is 17.3 Å². The Balaban J connectivity index is 1.45. The van der Waals surface area contributed by atoms with Gasteiger partial charge in [-0.05, 0) is 54.7 Å². The molecule has 0 fully saturated rings. The number of hydrogen-bond donors (Lipinski definition) is 1. The minimum absolute atomic E-state index is 0.124. The molecule has 0 heterocycles. The molecule has 1 aliphatic carbocycles. The minimum Gasteiger partial charge on any atom is -0.452 e. The molecule has 0 saturated carbocycles. The molecular formula is C26H26N2O5S. The minimum atomic E-state index is -4.03. The smallest absolute Gasteiger partial charge is 0.340 e. The molecule has 1 atom stereocenters. The van der Waals surface area contributed by atoms with Gasteiger partial charge in [-0.3, -0.25) is 9.10 Å². The molecule has 176 valence electrons. The predicted molar refractivity (Wildman–Crippen MR) is 129 cm³/mol. The first kappa shape index (κ1) is 23.5. The summed E-state index contributed by atoms with van der Waals surface area (Å²) in [7, 11) is -2.61. The molecule has 0 radical (unpaired) electrons. The van der Waals surface area contributed by atoms with Crippen LogP contribution in [0.5, 0.6) is 0 Å². The molecular weight excluding hydrogens is 452 g/mol. The largest absolute Gasteiger partial charge is 0.452 e. The van der Waals surface area contributed by atoms with E-state index in [4.69, 9.17) is 4.74 Å². The number of anilines is 1. The van der Waals surface area contributed by atoms with E-state index >= 15 is 0 Å². The Morgan fingerprint density at radius 3 is 2.44 bits per heavy atom. The van der Waals surface area contributed by atoms with E-state index in [1.807, 2.05) is 18.2 Å². The van der Waals surface area contributed by atoms with Gasteiger partial charge in [0.25, 0.3) is 15.9 Å². The Morgan fingerprint density at radius 1 is 0.971 bits per heavy atom. The summed E-state index contributed by atoms with van der Waals surface area (Å²) in [6.45, 7) is -0.500. The Labute approximate surface area is 199 Å². The average molecular weight is 479 g/mol. The first-order chi connectivity index (χ1) is 16.4. The van der Waals surface area contributed by atoms with Crippen molar-refractivity contribution in [2.24, 2.45) is 0 Å². The molecule has 34 heavy (non-hydrogen) atoms. The Morgan fingerprint density at radius 2 is 1.65 bits per heavy atom. The molecule has 7 nitrogen and oxygen atoms in total. The van der Waals surface area contributed by atoms with Crippen LogP contribution in [0.1, 0.15) is 40.4 Å². The highest BCUT2D eigenvalue weighted by Gasteiger charge is 2.28. The van der Waals surface area contributed by atoms with Crippen LogP contribution >= 0.6 is 0 Å². The standard InChI is InChI=1S/C26H26N2O5S/c1-28(20-12-3-2-4-13-20)34(31,32)24-17-8-7-15-22(24)26(30)33-18-25(29)27-23-16-9-11-19-10-5-6-14-21(19)23/h2-8,10,12-15,17,23H,9,11,16,18H2,1H3,(H,27,29)/t23-/m0/s1. The third-order valence-corrected chi connectivity index (χ3v) is 7.75.